The predicted molar refractivity (Wildman–Crippen MR) is 138 cm³/mol. The Bertz CT molecular complexity index is 1130. The molecule has 0 spiro atoms. The molecule has 0 aromatic rings. The van der Waals surface area contributed by atoms with Crippen LogP contribution in [0.5, 0.6) is 0 Å². The summed E-state index contributed by atoms with van der Waals surface area (Å²) in [5, 5.41) is 15.8. The smallest absolute Gasteiger partial charge is 0.314 e. The summed E-state index contributed by atoms with van der Waals surface area (Å²) < 4.78 is 0. The summed E-state index contributed by atoms with van der Waals surface area (Å²) >= 11 is 0. The Hall–Kier alpha value is -2.42. The zero-order valence-electron chi connectivity index (χ0n) is 22.7. The van der Waals surface area contributed by atoms with Crippen molar-refractivity contribution in [3.8, 4) is 6.07 Å². The highest BCUT2D eigenvalue weighted by molar-refractivity contribution is 6.02. The number of hydrogen-bond donors (Lipinski definition) is 2. The van der Waals surface area contributed by atoms with Crippen LogP contribution in [0.3, 0.4) is 0 Å². The first-order valence-electron chi connectivity index (χ1n) is 13.8. The Morgan fingerprint density at radius 3 is 2.39 bits per heavy atom. The van der Waals surface area contributed by atoms with Gasteiger partial charge in [0.25, 0.3) is 0 Å². The average molecular weight is 492 g/mol. The molecule has 36 heavy (non-hydrogen) atoms. The van der Waals surface area contributed by atoms with Crippen LogP contribution in [0.1, 0.15) is 79.6 Å². The van der Waals surface area contributed by atoms with E-state index >= 15 is 0 Å². The number of fused-ring (bicyclic) bond motifs is 7. The van der Waals surface area contributed by atoms with E-state index in [9.17, 15) is 19.6 Å². The van der Waals surface area contributed by atoms with Crippen LogP contribution in [0.2, 0.25) is 0 Å². The van der Waals surface area contributed by atoms with E-state index in [1.165, 1.54) is 0 Å². The van der Waals surface area contributed by atoms with E-state index in [2.05, 4.69) is 44.4 Å². The van der Waals surface area contributed by atoms with Gasteiger partial charge >= 0.3 is 6.03 Å². The number of nitriles is 1. The van der Waals surface area contributed by atoms with Crippen molar-refractivity contribution in [3.05, 3.63) is 23.3 Å². The highest BCUT2D eigenvalue weighted by Crippen LogP contribution is 2.68. The Balaban J connectivity index is 1.62. The maximum atomic E-state index is 14.1. The summed E-state index contributed by atoms with van der Waals surface area (Å²) in [4.78, 5) is 39.5. The molecule has 6 nitrogen and oxygen atoms in total. The fourth-order valence-corrected chi connectivity index (χ4v) is 9.40. The second-order valence-corrected chi connectivity index (χ2v) is 13.6. The molecule has 3 saturated carbocycles. The van der Waals surface area contributed by atoms with Crippen molar-refractivity contribution >= 4 is 17.6 Å². The molecule has 3 fully saturated rings. The molecule has 0 aromatic carbocycles. The molecule has 2 amide bonds. The molecule has 0 bridgehead atoms. The molecule has 194 valence electrons. The van der Waals surface area contributed by atoms with Crippen LogP contribution in [0.25, 0.3) is 0 Å². The van der Waals surface area contributed by atoms with E-state index in [-0.39, 0.29) is 69.1 Å². The first-order valence-corrected chi connectivity index (χ1v) is 13.8. The topological polar surface area (TPSA) is 99.1 Å². The number of urea groups is 1. The highest BCUT2D eigenvalue weighted by atomic mass is 16.2. The molecule has 0 aliphatic heterocycles. The van der Waals surface area contributed by atoms with Crippen molar-refractivity contribution in [3.63, 3.8) is 0 Å². The molecule has 5 aliphatic carbocycles. The lowest BCUT2D eigenvalue weighted by Crippen LogP contribution is -2.67. The fraction of sp³-hybridized carbons (Fsp3) is 0.733. The SMILES string of the molecule is CNC(=O)NC12CCC3C(C(=O)C=C4C5(C)C=C(C#N)C(=O)C(C)C5CCC43C)C1CC(C)(C)CC2. The molecule has 5 aliphatic rings. The molecule has 0 aromatic heterocycles. The molecule has 0 radical (unpaired) electrons. The summed E-state index contributed by atoms with van der Waals surface area (Å²) in [5.74, 6) is 0.189. The van der Waals surface area contributed by atoms with Gasteiger partial charge in [-0.1, -0.05) is 46.3 Å². The lowest BCUT2D eigenvalue weighted by atomic mass is 9.40. The average Bonchev–Trinajstić information content (AvgIpc) is 2.82. The summed E-state index contributed by atoms with van der Waals surface area (Å²) in [7, 11) is 1.65. The van der Waals surface area contributed by atoms with Crippen molar-refractivity contribution < 1.29 is 14.4 Å². The van der Waals surface area contributed by atoms with Gasteiger partial charge in [0.05, 0.1) is 5.57 Å². The van der Waals surface area contributed by atoms with Gasteiger partial charge in [0.15, 0.2) is 11.6 Å². The summed E-state index contributed by atoms with van der Waals surface area (Å²) in [6.07, 6.45) is 10.3. The number of rotatable bonds is 1. The highest BCUT2D eigenvalue weighted by Gasteiger charge is 2.64. The number of carbonyl (C=O) groups excluding carboxylic acids is 3. The van der Waals surface area contributed by atoms with Crippen molar-refractivity contribution in [2.75, 3.05) is 7.05 Å². The lowest BCUT2D eigenvalue weighted by Gasteiger charge is -2.64. The van der Waals surface area contributed by atoms with E-state index < -0.39 is 5.41 Å². The van der Waals surface area contributed by atoms with Crippen LogP contribution in [0, 0.1) is 57.2 Å². The van der Waals surface area contributed by atoms with Crippen LogP contribution in [0.4, 0.5) is 4.79 Å². The second-order valence-electron chi connectivity index (χ2n) is 13.6. The molecule has 8 unspecified atom stereocenters. The maximum absolute atomic E-state index is 14.1. The van der Waals surface area contributed by atoms with Gasteiger partial charge in [0.2, 0.25) is 0 Å². The third-order valence-electron chi connectivity index (χ3n) is 11.3. The van der Waals surface area contributed by atoms with Crippen molar-refractivity contribution in [2.24, 2.45) is 45.8 Å². The largest absolute Gasteiger partial charge is 0.341 e. The van der Waals surface area contributed by atoms with Gasteiger partial charge in [-0.05, 0) is 79.6 Å². The number of carbonyl (C=O) groups is 3. The Kier molecular flexibility index (Phi) is 5.64. The van der Waals surface area contributed by atoms with Gasteiger partial charge in [-0.25, -0.2) is 4.79 Å². The third-order valence-corrected chi connectivity index (χ3v) is 11.3. The minimum absolute atomic E-state index is 0.0589. The van der Waals surface area contributed by atoms with Crippen molar-refractivity contribution in [1.29, 1.82) is 5.26 Å². The number of nitrogens with zero attached hydrogens (tertiary/aromatic N) is 1. The normalized spacial score (nSPS) is 45.0. The zero-order valence-corrected chi connectivity index (χ0v) is 22.7. The molecule has 6 heteroatoms. The summed E-state index contributed by atoms with van der Waals surface area (Å²) in [5.41, 5.74) is 0.515. The van der Waals surface area contributed by atoms with Gasteiger partial charge in [-0.3, -0.25) is 9.59 Å². The molecular formula is C30H41N3O3. The minimum atomic E-state index is -0.466. The molecule has 8 atom stereocenters. The van der Waals surface area contributed by atoms with Crippen LogP contribution >= 0.6 is 0 Å². The standard InChI is InChI=1S/C30H41N3O3/c1-17-19-7-9-28(4)20-8-10-30(33-26(36)32-6)12-11-27(2,3)15-21(30)24(20)22(34)13-23(28)29(19,5)14-18(16-31)25(17)35/h13-14,17,19-21,24H,7-12,15H2,1-6H3,(H2,32,33,36). The van der Waals surface area contributed by atoms with Gasteiger partial charge in [-0.15, -0.1) is 0 Å². The van der Waals surface area contributed by atoms with Gasteiger partial charge in [0, 0.05) is 29.8 Å². The van der Waals surface area contributed by atoms with E-state index in [0.29, 0.717) is 0 Å². The molecule has 0 heterocycles. The van der Waals surface area contributed by atoms with E-state index in [1.54, 1.807) is 7.05 Å². The van der Waals surface area contributed by atoms with Crippen LogP contribution in [-0.4, -0.2) is 30.2 Å². The number of hydrogen-bond acceptors (Lipinski definition) is 4. The van der Waals surface area contributed by atoms with Gasteiger partial charge in [0.1, 0.15) is 6.07 Å². The number of allylic oxidation sites excluding steroid dienone is 4. The minimum Gasteiger partial charge on any atom is -0.341 e. The number of Topliss-reactive ketones (excluding diaryl/α,β-unsaturated/α-hetero) is 1. The molecular weight excluding hydrogens is 450 g/mol. The first kappa shape index (κ1) is 25.2. The lowest BCUT2D eigenvalue weighted by molar-refractivity contribution is -0.139. The molecule has 0 saturated heterocycles. The van der Waals surface area contributed by atoms with Crippen molar-refractivity contribution in [1.82, 2.24) is 10.6 Å². The van der Waals surface area contributed by atoms with Crippen LogP contribution < -0.4 is 10.6 Å². The Morgan fingerprint density at radius 1 is 1.03 bits per heavy atom. The van der Waals surface area contributed by atoms with Gasteiger partial charge < -0.3 is 10.6 Å². The second kappa shape index (κ2) is 8.04. The number of amides is 2. The summed E-state index contributed by atoms with van der Waals surface area (Å²) in [6.45, 7) is 11.0. The molecule has 2 N–H and O–H groups in total. The summed E-state index contributed by atoms with van der Waals surface area (Å²) in [6, 6.07) is 1.99. The maximum Gasteiger partial charge on any atom is 0.314 e. The zero-order chi connectivity index (χ0) is 26.3. The molecule has 5 rings (SSSR count). The van der Waals surface area contributed by atoms with Gasteiger partial charge in [-0.2, -0.15) is 5.26 Å². The van der Waals surface area contributed by atoms with E-state index in [1.807, 2.05) is 19.1 Å². The van der Waals surface area contributed by atoms with Crippen LogP contribution in [-0.2, 0) is 9.59 Å². The number of nitrogens with one attached hydrogen (secondary N) is 2. The number of ketones is 2. The first-order chi connectivity index (χ1) is 16.8. The third kappa shape index (κ3) is 3.37. The van der Waals surface area contributed by atoms with Crippen molar-refractivity contribution in [2.45, 2.75) is 85.1 Å². The Labute approximate surface area is 215 Å². The fourth-order valence-electron chi connectivity index (χ4n) is 9.40. The van der Waals surface area contributed by atoms with E-state index in [0.717, 1.165) is 50.5 Å². The Morgan fingerprint density at radius 2 is 1.72 bits per heavy atom. The predicted octanol–water partition coefficient (Wildman–Crippen LogP) is 5.11. The quantitative estimate of drug-likeness (QED) is 0.533. The van der Waals surface area contributed by atoms with E-state index in [4.69, 9.17) is 0 Å². The van der Waals surface area contributed by atoms with Crippen LogP contribution in [0.15, 0.2) is 23.3 Å². The monoisotopic (exact) mass is 491 g/mol.